The molecule has 2 rings (SSSR count). The minimum atomic E-state index is -3.78. The van der Waals surface area contributed by atoms with Crippen LogP contribution in [0.3, 0.4) is 0 Å². The highest BCUT2D eigenvalue weighted by atomic mass is 127. The first kappa shape index (κ1) is 14.8. The summed E-state index contributed by atoms with van der Waals surface area (Å²) in [7, 11) is -3.78. The average Bonchev–Trinajstić information content (AvgIpc) is 2.27. The van der Waals surface area contributed by atoms with Crippen molar-refractivity contribution in [2.24, 2.45) is 0 Å². The third-order valence-corrected chi connectivity index (χ3v) is 4.84. The summed E-state index contributed by atoms with van der Waals surface area (Å²) in [6, 6.07) is 9.65. The van der Waals surface area contributed by atoms with Crippen LogP contribution in [0.5, 0.6) is 0 Å². The predicted molar refractivity (Wildman–Crippen MR) is 84.2 cm³/mol. The van der Waals surface area contributed by atoms with Crippen molar-refractivity contribution < 1.29 is 8.42 Å². The first-order valence-electron chi connectivity index (χ1n) is 4.99. The lowest BCUT2D eigenvalue weighted by Gasteiger charge is -2.09. The molecule has 1 N–H and O–H groups in total. The molecule has 0 aliphatic carbocycles. The lowest BCUT2D eigenvalue weighted by atomic mass is 10.3. The molecule has 1 aromatic heterocycles. The van der Waals surface area contributed by atoms with Gasteiger partial charge >= 0.3 is 0 Å². The Hall–Kier alpha value is -0.570. The molecule has 0 saturated heterocycles. The average molecular weight is 429 g/mol. The summed E-state index contributed by atoms with van der Waals surface area (Å²) in [5.41, 5.74) is 0.456. The number of aromatic nitrogens is 1. The molecule has 0 fully saturated rings. The summed E-state index contributed by atoms with van der Waals surface area (Å²) in [5, 5.41) is -0.0242. The van der Waals surface area contributed by atoms with Crippen molar-refractivity contribution in [1.82, 2.24) is 4.98 Å². The normalized spacial score (nSPS) is 11.3. The number of hydrogen-bond acceptors (Lipinski definition) is 3. The fourth-order valence-corrected chi connectivity index (χ4v) is 3.62. The van der Waals surface area contributed by atoms with Gasteiger partial charge in [-0.3, -0.25) is 4.72 Å². The Bertz CT molecular complexity index is 722. The fourth-order valence-electron chi connectivity index (χ4n) is 1.36. The molecule has 19 heavy (non-hydrogen) atoms. The molecule has 2 aromatic rings. The van der Waals surface area contributed by atoms with Gasteiger partial charge in [0, 0.05) is 9.26 Å². The minimum absolute atomic E-state index is 0.113. The lowest BCUT2D eigenvalue weighted by molar-refractivity contribution is 0.601. The number of halogens is 3. The van der Waals surface area contributed by atoms with Gasteiger partial charge in [0.25, 0.3) is 10.0 Å². The van der Waals surface area contributed by atoms with Crippen LogP contribution in [0.4, 0.5) is 5.69 Å². The summed E-state index contributed by atoms with van der Waals surface area (Å²) in [6.07, 6.45) is 0. The molecule has 4 nitrogen and oxygen atoms in total. The summed E-state index contributed by atoms with van der Waals surface area (Å²) < 4.78 is 27.7. The minimum Gasteiger partial charge on any atom is -0.280 e. The highest BCUT2D eigenvalue weighted by molar-refractivity contribution is 14.1. The van der Waals surface area contributed by atoms with Gasteiger partial charge in [-0.05, 0) is 52.9 Å². The molecule has 0 bridgehead atoms. The lowest BCUT2D eigenvalue weighted by Crippen LogP contribution is -2.14. The first-order chi connectivity index (χ1) is 8.88. The number of rotatable bonds is 3. The Kier molecular flexibility index (Phi) is 4.54. The third-order valence-electron chi connectivity index (χ3n) is 2.15. The first-order valence-corrected chi connectivity index (χ1v) is 8.31. The summed E-state index contributed by atoms with van der Waals surface area (Å²) in [5.74, 6) is 0. The number of nitrogens with zero attached hydrogens (tertiary/aromatic N) is 1. The third kappa shape index (κ3) is 3.71. The van der Waals surface area contributed by atoms with Crippen LogP contribution < -0.4 is 4.72 Å². The maximum Gasteiger partial charge on any atom is 0.264 e. The second-order valence-corrected chi connectivity index (χ2v) is 7.18. The molecule has 1 heterocycles. The zero-order chi connectivity index (χ0) is 14.0. The molecule has 0 saturated carbocycles. The molecular formula is C11H7Cl2IN2O2S. The van der Waals surface area contributed by atoms with Crippen LogP contribution >= 0.6 is 45.8 Å². The number of nitrogens with one attached hydrogen (secondary N) is 1. The van der Waals surface area contributed by atoms with Gasteiger partial charge in [0.2, 0.25) is 0 Å². The van der Waals surface area contributed by atoms with E-state index in [0.717, 1.165) is 3.57 Å². The molecule has 0 radical (unpaired) electrons. The Balaban J connectivity index is 2.38. The van der Waals surface area contributed by atoms with E-state index in [1.807, 2.05) is 6.07 Å². The summed E-state index contributed by atoms with van der Waals surface area (Å²) in [4.78, 5) is 3.60. The van der Waals surface area contributed by atoms with E-state index in [1.54, 1.807) is 18.2 Å². The van der Waals surface area contributed by atoms with E-state index >= 15 is 0 Å². The van der Waals surface area contributed by atoms with E-state index in [-0.39, 0.29) is 15.2 Å². The van der Waals surface area contributed by atoms with Crippen molar-refractivity contribution in [3.05, 3.63) is 50.3 Å². The van der Waals surface area contributed by atoms with E-state index in [0.29, 0.717) is 5.69 Å². The molecule has 100 valence electrons. The van der Waals surface area contributed by atoms with E-state index in [4.69, 9.17) is 23.2 Å². The quantitative estimate of drug-likeness (QED) is 0.597. The second-order valence-electron chi connectivity index (χ2n) is 3.54. The van der Waals surface area contributed by atoms with Crippen molar-refractivity contribution in [2.75, 3.05) is 4.72 Å². The standard InChI is InChI=1S/C11H7Cl2IN2O2S/c12-10-5-4-9(11(13)15-10)19(17,18)16-8-3-1-2-7(14)6-8/h1-6,16H. The molecule has 0 aliphatic heterocycles. The van der Waals surface area contributed by atoms with Crippen molar-refractivity contribution in [3.63, 3.8) is 0 Å². The molecule has 8 heteroatoms. The highest BCUT2D eigenvalue weighted by Crippen LogP contribution is 2.24. The van der Waals surface area contributed by atoms with E-state index in [9.17, 15) is 8.42 Å². The van der Waals surface area contributed by atoms with Gasteiger partial charge in [-0.1, -0.05) is 29.3 Å². The number of hydrogen-bond donors (Lipinski definition) is 1. The van der Waals surface area contributed by atoms with Gasteiger partial charge in [0.1, 0.15) is 10.0 Å². The second kappa shape index (κ2) is 5.82. The molecular weight excluding hydrogens is 422 g/mol. The van der Waals surface area contributed by atoms with E-state index < -0.39 is 10.0 Å². The van der Waals surface area contributed by atoms with Crippen LogP contribution in [0.2, 0.25) is 10.3 Å². The van der Waals surface area contributed by atoms with Crippen LogP contribution in [0.1, 0.15) is 0 Å². The Morgan fingerprint density at radius 1 is 1.16 bits per heavy atom. The SMILES string of the molecule is O=S(=O)(Nc1cccc(I)c1)c1ccc(Cl)nc1Cl. The topological polar surface area (TPSA) is 59.1 Å². The molecule has 0 aliphatic rings. The Morgan fingerprint density at radius 2 is 1.89 bits per heavy atom. The molecule has 0 amide bonds. The monoisotopic (exact) mass is 428 g/mol. The predicted octanol–water partition coefficient (Wildman–Crippen LogP) is 3.79. The van der Waals surface area contributed by atoms with Gasteiger partial charge in [-0.25, -0.2) is 13.4 Å². The van der Waals surface area contributed by atoms with Crippen LogP contribution in [0.25, 0.3) is 0 Å². The Morgan fingerprint density at radius 3 is 2.53 bits per heavy atom. The largest absolute Gasteiger partial charge is 0.280 e. The molecule has 0 unspecified atom stereocenters. The van der Waals surface area contributed by atoms with Crippen molar-refractivity contribution in [3.8, 4) is 0 Å². The maximum absolute atomic E-state index is 12.2. The number of anilines is 1. The number of pyridine rings is 1. The van der Waals surface area contributed by atoms with Crippen LogP contribution in [0, 0.1) is 3.57 Å². The zero-order valence-corrected chi connectivity index (χ0v) is 13.8. The van der Waals surface area contributed by atoms with Crippen molar-refractivity contribution in [1.29, 1.82) is 0 Å². The summed E-state index contributed by atoms with van der Waals surface area (Å²) >= 11 is 13.5. The molecule has 0 atom stereocenters. The Labute approximate surface area is 134 Å². The van der Waals surface area contributed by atoms with E-state index in [1.165, 1.54) is 12.1 Å². The number of benzene rings is 1. The van der Waals surface area contributed by atoms with E-state index in [2.05, 4.69) is 32.3 Å². The molecule has 0 spiro atoms. The summed E-state index contributed by atoms with van der Waals surface area (Å²) in [6.45, 7) is 0. The van der Waals surface area contributed by atoms with Crippen LogP contribution in [-0.2, 0) is 10.0 Å². The van der Waals surface area contributed by atoms with Gasteiger partial charge in [0.05, 0.1) is 0 Å². The van der Waals surface area contributed by atoms with Gasteiger partial charge < -0.3 is 0 Å². The van der Waals surface area contributed by atoms with Gasteiger partial charge in [-0.15, -0.1) is 0 Å². The number of sulfonamides is 1. The highest BCUT2D eigenvalue weighted by Gasteiger charge is 2.19. The molecule has 1 aromatic carbocycles. The van der Waals surface area contributed by atoms with Gasteiger partial charge in [0.15, 0.2) is 5.15 Å². The van der Waals surface area contributed by atoms with Crippen LogP contribution in [0.15, 0.2) is 41.3 Å². The van der Waals surface area contributed by atoms with Crippen LogP contribution in [-0.4, -0.2) is 13.4 Å². The smallest absolute Gasteiger partial charge is 0.264 e. The van der Waals surface area contributed by atoms with Crippen molar-refractivity contribution in [2.45, 2.75) is 4.90 Å². The maximum atomic E-state index is 12.2. The fraction of sp³-hybridized carbons (Fsp3) is 0. The zero-order valence-electron chi connectivity index (χ0n) is 9.27. The van der Waals surface area contributed by atoms with Gasteiger partial charge in [-0.2, -0.15) is 0 Å². The van der Waals surface area contributed by atoms with Crippen molar-refractivity contribution >= 4 is 61.5 Å².